The smallest absolute Gasteiger partial charge is 0.0650 e. The Bertz CT molecular complexity index is 281. The number of rotatable bonds is 0. The molecule has 1 aromatic rings. The van der Waals surface area contributed by atoms with Gasteiger partial charge in [0.15, 0.2) is 0 Å². The molecule has 0 radical (unpaired) electrons. The van der Waals surface area contributed by atoms with Crippen LogP contribution in [-0.4, -0.2) is 9.97 Å². The van der Waals surface area contributed by atoms with Crippen molar-refractivity contribution in [3.05, 3.63) is 23.3 Å². The van der Waals surface area contributed by atoms with Gasteiger partial charge in [0.2, 0.25) is 0 Å². The molecule has 1 aliphatic rings. The quantitative estimate of drug-likeness (QED) is 0.561. The summed E-state index contributed by atoms with van der Waals surface area (Å²) in [6, 6.07) is 0. The summed E-state index contributed by atoms with van der Waals surface area (Å²) in [5.74, 6) is 0.623. The minimum absolute atomic E-state index is 0.623. The van der Waals surface area contributed by atoms with E-state index in [0.717, 1.165) is 12.1 Å². The molecule has 2 heteroatoms. The lowest BCUT2D eigenvalue weighted by molar-refractivity contribution is 0.729. The summed E-state index contributed by atoms with van der Waals surface area (Å²) in [5, 5.41) is 0. The van der Waals surface area contributed by atoms with Crippen molar-refractivity contribution >= 4 is 0 Å². The first-order valence-electron chi connectivity index (χ1n) is 4.10. The van der Waals surface area contributed by atoms with E-state index >= 15 is 0 Å². The monoisotopic (exact) mass is 148 g/mol. The fourth-order valence-electron chi connectivity index (χ4n) is 1.60. The van der Waals surface area contributed by atoms with Crippen LogP contribution in [0.4, 0.5) is 0 Å². The zero-order chi connectivity index (χ0) is 7.84. The van der Waals surface area contributed by atoms with Gasteiger partial charge < -0.3 is 0 Å². The van der Waals surface area contributed by atoms with Gasteiger partial charge in [-0.25, -0.2) is 0 Å². The molecule has 0 amide bonds. The van der Waals surface area contributed by atoms with E-state index in [1.807, 2.05) is 13.1 Å². The van der Waals surface area contributed by atoms with Crippen molar-refractivity contribution in [2.75, 3.05) is 0 Å². The van der Waals surface area contributed by atoms with Crippen LogP contribution in [0.5, 0.6) is 0 Å². The highest BCUT2D eigenvalue weighted by molar-refractivity contribution is 5.22. The minimum atomic E-state index is 0.623. The van der Waals surface area contributed by atoms with Gasteiger partial charge in [-0.3, -0.25) is 9.97 Å². The highest BCUT2D eigenvalue weighted by Crippen LogP contribution is 2.28. The van der Waals surface area contributed by atoms with Gasteiger partial charge in [-0.15, -0.1) is 0 Å². The van der Waals surface area contributed by atoms with Crippen LogP contribution < -0.4 is 0 Å². The Morgan fingerprint density at radius 2 is 2.36 bits per heavy atom. The highest BCUT2D eigenvalue weighted by atomic mass is 14.8. The maximum atomic E-state index is 4.47. The van der Waals surface area contributed by atoms with E-state index in [9.17, 15) is 0 Å². The molecule has 1 atom stereocenters. The Labute approximate surface area is 66.7 Å². The van der Waals surface area contributed by atoms with E-state index in [1.165, 1.54) is 17.8 Å². The van der Waals surface area contributed by atoms with E-state index in [-0.39, 0.29) is 0 Å². The summed E-state index contributed by atoms with van der Waals surface area (Å²) < 4.78 is 0. The van der Waals surface area contributed by atoms with E-state index in [0.29, 0.717) is 5.92 Å². The molecule has 1 heterocycles. The van der Waals surface area contributed by atoms with E-state index in [1.54, 1.807) is 0 Å². The third-order valence-corrected chi connectivity index (χ3v) is 2.28. The number of aryl methyl sites for hydroxylation is 2. The summed E-state index contributed by atoms with van der Waals surface area (Å²) in [4.78, 5) is 8.82. The number of fused-ring (bicyclic) bond motifs is 1. The molecular formula is C9H12N2. The molecule has 0 spiro atoms. The van der Waals surface area contributed by atoms with Crippen LogP contribution in [0.1, 0.15) is 36.3 Å². The predicted octanol–water partition coefficient (Wildman–Crippen LogP) is 1.83. The van der Waals surface area contributed by atoms with Gasteiger partial charge in [0.1, 0.15) is 0 Å². The van der Waals surface area contributed by atoms with Gasteiger partial charge in [-0.1, -0.05) is 6.92 Å². The normalized spacial score (nSPS) is 21.8. The molecule has 0 saturated carbocycles. The van der Waals surface area contributed by atoms with E-state index in [2.05, 4.69) is 16.9 Å². The third-order valence-electron chi connectivity index (χ3n) is 2.28. The van der Waals surface area contributed by atoms with Crippen molar-refractivity contribution < 1.29 is 0 Å². The molecule has 1 aliphatic carbocycles. The predicted molar refractivity (Wildman–Crippen MR) is 43.5 cm³/mol. The van der Waals surface area contributed by atoms with Crippen LogP contribution in [0.2, 0.25) is 0 Å². The van der Waals surface area contributed by atoms with Gasteiger partial charge in [-0.05, 0) is 19.8 Å². The Hall–Kier alpha value is -0.920. The average molecular weight is 148 g/mol. The van der Waals surface area contributed by atoms with Gasteiger partial charge in [0.05, 0.1) is 17.1 Å². The number of hydrogen-bond acceptors (Lipinski definition) is 2. The topological polar surface area (TPSA) is 25.8 Å². The lowest BCUT2D eigenvalue weighted by Gasteiger charge is -2.02. The van der Waals surface area contributed by atoms with Gasteiger partial charge in [0.25, 0.3) is 0 Å². The van der Waals surface area contributed by atoms with Crippen LogP contribution in [-0.2, 0) is 6.42 Å². The molecule has 2 nitrogen and oxygen atoms in total. The van der Waals surface area contributed by atoms with Crippen LogP contribution in [0.25, 0.3) is 0 Å². The molecule has 58 valence electrons. The molecule has 0 saturated heterocycles. The van der Waals surface area contributed by atoms with Crippen LogP contribution in [0, 0.1) is 6.92 Å². The Kier molecular flexibility index (Phi) is 1.41. The molecule has 0 fully saturated rings. The minimum Gasteiger partial charge on any atom is -0.258 e. The van der Waals surface area contributed by atoms with Crippen molar-refractivity contribution in [1.82, 2.24) is 9.97 Å². The lowest BCUT2D eigenvalue weighted by Crippen LogP contribution is -1.96. The number of nitrogens with zero attached hydrogens (tertiary/aromatic N) is 2. The number of aromatic nitrogens is 2. The molecule has 1 unspecified atom stereocenters. The van der Waals surface area contributed by atoms with Crippen LogP contribution >= 0.6 is 0 Å². The fourth-order valence-corrected chi connectivity index (χ4v) is 1.60. The zero-order valence-electron chi connectivity index (χ0n) is 6.96. The molecule has 0 aliphatic heterocycles. The molecular weight excluding hydrogens is 136 g/mol. The van der Waals surface area contributed by atoms with E-state index < -0.39 is 0 Å². The molecule has 11 heavy (non-hydrogen) atoms. The van der Waals surface area contributed by atoms with Crippen molar-refractivity contribution in [1.29, 1.82) is 0 Å². The van der Waals surface area contributed by atoms with Crippen LogP contribution in [0.3, 0.4) is 0 Å². The second-order valence-corrected chi connectivity index (χ2v) is 3.28. The number of hydrogen-bond donors (Lipinski definition) is 0. The summed E-state index contributed by atoms with van der Waals surface area (Å²) >= 11 is 0. The highest BCUT2D eigenvalue weighted by Gasteiger charge is 2.20. The molecule has 0 aromatic carbocycles. The largest absolute Gasteiger partial charge is 0.258 e. The average Bonchev–Trinajstić information content (AvgIpc) is 2.33. The second-order valence-electron chi connectivity index (χ2n) is 3.28. The lowest BCUT2D eigenvalue weighted by atomic mass is 10.1. The zero-order valence-corrected chi connectivity index (χ0v) is 6.96. The van der Waals surface area contributed by atoms with Crippen molar-refractivity contribution in [2.24, 2.45) is 0 Å². The Morgan fingerprint density at radius 1 is 1.55 bits per heavy atom. The molecule has 2 rings (SSSR count). The van der Waals surface area contributed by atoms with Gasteiger partial charge in [-0.2, -0.15) is 0 Å². The second kappa shape index (κ2) is 2.29. The summed E-state index contributed by atoms with van der Waals surface area (Å²) in [6.45, 7) is 4.22. The first-order chi connectivity index (χ1) is 5.27. The first-order valence-corrected chi connectivity index (χ1v) is 4.10. The maximum Gasteiger partial charge on any atom is 0.0650 e. The first kappa shape index (κ1) is 6.77. The molecule has 0 N–H and O–H groups in total. The third kappa shape index (κ3) is 1.02. The van der Waals surface area contributed by atoms with Gasteiger partial charge in [0, 0.05) is 12.1 Å². The molecule has 0 bridgehead atoms. The standard InChI is InChI=1S/C9H12N2/c1-6-3-4-8-9(6)11-7(2)5-10-8/h5-6H,3-4H2,1-2H3. The molecule has 1 aromatic heterocycles. The Morgan fingerprint density at radius 3 is 3.18 bits per heavy atom. The SMILES string of the molecule is Cc1cnc2c(n1)C(C)CC2. The van der Waals surface area contributed by atoms with Crippen molar-refractivity contribution in [2.45, 2.75) is 32.6 Å². The fraction of sp³-hybridized carbons (Fsp3) is 0.556. The van der Waals surface area contributed by atoms with Crippen LogP contribution in [0.15, 0.2) is 6.20 Å². The Balaban J connectivity index is 2.52. The van der Waals surface area contributed by atoms with E-state index in [4.69, 9.17) is 0 Å². The summed E-state index contributed by atoms with van der Waals surface area (Å²) in [5.41, 5.74) is 3.48. The van der Waals surface area contributed by atoms with Gasteiger partial charge >= 0.3 is 0 Å². The summed E-state index contributed by atoms with van der Waals surface area (Å²) in [7, 11) is 0. The maximum absolute atomic E-state index is 4.47. The van der Waals surface area contributed by atoms with Crippen molar-refractivity contribution in [3.8, 4) is 0 Å². The summed E-state index contributed by atoms with van der Waals surface area (Å²) in [6.07, 6.45) is 4.19. The van der Waals surface area contributed by atoms with Crippen molar-refractivity contribution in [3.63, 3.8) is 0 Å².